The average molecular weight is 392 g/mol. The normalized spacial score (nSPS) is 11.3. The molecule has 4 nitrogen and oxygen atoms in total. The Morgan fingerprint density at radius 1 is 1.11 bits per heavy atom. The van der Waals surface area contributed by atoms with Crippen LogP contribution >= 0.6 is 22.6 Å². The van der Waals surface area contributed by atoms with E-state index >= 15 is 0 Å². The van der Waals surface area contributed by atoms with Gasteiger partial charge in [-0.05, 0) is 59.0 Å². The highest BCUT2D eigenvalue weighted by Crippen LogP contribution is 2.23. The zero-order valence-corrected chi connectivity index (χ0v) is 12.6. The van der Waals surface area contributed by atoms with Gasteiger partial charge in [0.05, 0.1) is 5.69 Å². The second-order valence-corrected chi connectivity index (χ2v) is 6.66. The van der Waals surface area contributed by atoms with Crippen molar-refractivity contribution in [2.75, 3.05) is 10.5 Å². The fraction of sp³-hybridized carbons (Fsp3) is 0. The van der Waals surface area contributed by atoms with Gasteiger partial charge in [-0.25, -0.2) is 12.8 Å². The highest BCUT2D eigenvalue weighted by molar-refractivity contribution is 14.1. The minimum Gasteiger partial charge on any atom is -0.395 e. The molecule has 0 fully saturated rings. The monoisotopic (exact) mass is 392 g/mol. The summed E-state index contributed by atoms with van der Waals surface area (Å²) < 4.78 is 40.8. The minimum atomic E-state index is -3.90. The number of para-hydroxylation sites is 1. The molecule has 0 aromatic heterocycles. The molecule has 2 aromatic rings. The number of rotatable bonds is 3. The van der Waals surface area contributed by atoms with Crippen molar-refractivity contribution in [3.05, 3.63) is 51.9 Å². The van der Waals surface area contributed by atoms with Crippen LogP contribution in [0.1, 0.15) is 0 Å². The van der Waals surface area contributed by atoms with Crippen LogP contribution in [-0.2, 0) is 10.0 Å². The molecule has 0 saturated heterocycles. The first-order valence-electron chi connectivity index (χ1n) is 5.22. The molecule has 3 N–H and O–H groups in total. The van der Waals surface area contributed by atoms with Gasteiger partial charge in [0.1, 0.15) is 10.7 Å². The molecular weight excluding hydrogens is 382 g/mol. The highest BCUT2D eigenvalue weighted by atomic mass is 127. The Bertz CT molecular complexity index is 702. The number of anilines is 2. The number of hydrogen-bond acceptors (Lipinski definition) is 3. The van der Waals surface area contributed by atoms with Gasteiger partial charge >= 0.3 is 0 Å². The van der Waals surface area contributed by atoms with Crippen molar-refractivity contribution < 1.29 is 12.8 Å². The molecule has 100 valence electrons. The van der Waals surface area contributed by atoms with E-state index in [9.17, 15) is 12.8 Å². The lowest BCUT2D eigenvalue weighted by Crippen LogP contribution is -2.15. The van der Waals surface area contributed by atoms with Gasteiger partial charge in [-0.15, -0.1) is 0 Å². The van der Waals surface area contributed by atoms with Gasteiger partial charge in [0.25, 0.3) is 10.0 Å². The standard InChI is InChI=1S/C12H10FIN2O2S/c13-10-2-1-3-11(12(10)15)19(17,18)16-9-6-4-8(14)5-7-9/h1-7,16H,15H2. The van der Waals surface area contributed by atoms with E-state index in [1.807, 2.05) is 0 Å². The Morgan fingerprint density at radius 3 is 2.37 bits per heavy atom. The van der Waals surface area contributed by atoms with Crippen LogP contribution in [0.4, 0.5) is 15.8 Å². The van der Waals surface area contributed by atoms with E-state index in [2.05, 4.69) is 27.3 Å². The summed E-state index contributed by atoms with van der Waals surface area (Å²) in [4.78, 5) is -0.272. The van der Waals surface area contributed by atoms with Crippen LogP contribution in [0, 0.1) is 9.39 Å². The maximum atomic E-state index is 13.3. The Hall–Kier alpha value is -1.35. The number of nitrogens with one attached hydrogen (secondary N) is 1. The quantitative estimate of drug-likeness (QED) is 0.624. The fourth-order valence-corrected chi connectivity index (χ4v) is 3.04. The summed E-state index contributed by atoms with van der Waals surface area (Å²) in [6.07, 6.45) is 0. The molecular formula is C12H10FIN2O2S. The Balaban J connectivity index is 2.38. The summed E-state index contributed by atoms with van der Waals surface area (Å²) in [6, 6.07) is 10.4. The van der Waals surface area contributed by atoms with E-state index in [-0.39, 0.29) is 10.6 Å². The third-order valence-corrected chi connectivity index (χ3v) is 4.56. The predicted octanol–water partition coefficient (Wildman–Crippen LogP) is 2.81. The Kier molecular flexibility index (Phi) is 3.95. The summed E-state index contributed by atoms with van der Waals surface area (Å²) in [7, 11) is -3.90. The summed E-state index contributed by atoms with van der Waals surface area (Å²) in [5, 5.41) is 0. The lowest BCUT2D eigenvalue weighted by Gasteiger charge is -2.10. The molecule has 0 heterocycles. The van der Waals surface area contributed by atoms with Crippen molar-refractivity contribution in [2.45, 2.75) is 4.90 Å². The fourth-order valence-electron chi connectivity index (χ4n) is 1.48. The SMILES string of the molecule is Nc1c(F)cccc1S(=O)(=O)Nc1ccc(I)cc1. The topological polar surface area (TPSA) is 72.2 Å². The second-order valence-electron chi connectivity index (χ2n) is 3.76. The van der Waals surface area contributed by atoms with Gasteiger partial charge < -0.3 is 5.73 Å². The molecule has 0 radical (unpaired) electrons. The van der Waals surface area contributed by atoms with Gasteiger partial charge in [-0.3, -0.25) is 4.72 Å². The lowest BCUT2D eigenvalue weighted by molar-refractivity contribution is 0.597. The van der Waals surface area contributed by atoms with Crippen LogP contribution in [0.5, 0.6) is 0 Å². The first-order chi connectivity index (χ1) is 8.90. The number of halogens is 2. The highest BCUT2D eigenvalue weighted by Gasteiger charge is 2.19. The second kappa shape index (κ2) is 5.33. The average Bonchev–Trinajstić information content (AvgIpc) is 2.35. The molecule has 0 bridgehead atoms. The summed E-state index contributed by atoms with van der Waals surface area (Å²) in [5.74, 6) is -0.759. The Morgan fingerprint density at radius 2 is 1.74 bits per heavy atom. The molecule has 0 atom stereocenters. The van der Waals surface area contributed by atoms with Crippen molar-refractivity contribution in [3.8, 4) is 0 Å². The van der Waals surface area contributed by atoms with E-state index in [0.29, 0.717) is 5.69 Å². The zero-order chi connectivity index (χ0) is 14.0. The van der Waals surface area contributed by atoms with Gasteiger partial charge in [0.2, 0.25) is 0 Å². The molecule has 19 heavy (non-hydrogen) atoms. The molecule has 0 aliphatic rings. The van der Waals surface area contributed by atoms with E-state index in [1.54, 1.807) is 24.3 Å². The van der Waals surface area contributed by atoms with E-state index in [0.717, 1.165) is 9.64 Å². The third-order valence-electron chi connectivity index (χ3n) is 2.40. The molecule has 2 rings (SSSR count). The lowest BCUT2D eigenvalue weighted by atomic mass is 10.3. The zero-order valence-electron chi connectivity index (χ0n) is 9.60. The Labute approximate surface area is 124 Å². The molecule has 0 unspecified atom stereocenters. The van der Waals surface area contributed by atoms with Gasteiger partial charge in [-0.1, -0.05) is 6.07 Å². The minimum absolute atomic E-state index is 0.272. The number of nitrogen functional groups attached to an aromatic ring is 1. The van der Waals surface area contributed by atoms with Crippen LogP contribution in [0.25, 0.3) is 0 Å². The van der Waals surface area contributed by atoms with Crippen molar-refractivity contribution in [2.24, 2.45) is 0 Å². The van der Waals surface area contributed by atoms with E-state index in [1.165, 1.54) is 12.1 Å². The number of sulfonamides is 1. The third kappa shape index (κ3) is 3.16. The summed E-state index contributed by atoms with van der Waals surface area (Å²) in [6.45, 7) is 0. The first kappa shape index (κ1) is 14.1. The van der Waals surface area contributed by atoms with Gasteiger partial charge in [-0.2, -0.15) is 0 Å². The molecule has 0 aliphatic heterocycles. The van der Waals surface area contributed by atoms with Gasteiger partial charge in [0, 0.05) is 9.26 Å². The number of benzene rings is 2. The molecule has 0 spiro atoms. The maximum Gasteiger partial charge on any atom is 0.264 e. The largest absolute Gasteiger partial charge is 0.395 e. The van der Waals surface area contributed by atoms with Crippen LogP contribution in [0.15, 0.2) is 47.4 Å². The molecule has 0 saturated carbocycles. The van der Waals surface area contributed by atoms with E-state index in [4.69, 9.17) is 5.73 Å². The van der Waals surface area contributed by atoms with Crippen molar-refractivity contribution in [1.82, 2.24) is 0 Å². The van der Waals surface area contributed by atoms with Crippen LogP contribution < -0.4 is 10.5 Å². The van der Waals surface area contributed by atoms with Crippen molar-refractivity contribution in [3.63, 3.8) is 0 Å². The molecule has 2 aromatic carbocycles. The number of hydrogen-bond donors (Lipinski definition) is 2. The maximum absolute atomic E-state index is 13.3. The number of nitrogens with two attached hydrogens (primary N) is 1. The predicted molar refractivity (Wildman–Crippen MR) is 80.8 cm³/mol. The van der Waals surface area contributed by atoms with Gasteiger partial charge in [0.15, 0.2) is 0 Å². The summed E-state index contributed by atoms with van der Waals surface area (Å²) >= 11 is 2.11. The van der Waals surface area contributed by atoms with Crippen LogP contribution in [0.3, 0.4) is 0 Å². The molecule has 7 heteroatoms. The van der Waals surface area contributed by atoms with Crippen LogP contribution in [0.2, 0.25) is 0 Å². The summed E-state index contributed by atoms with van der Waals surface area (Å²) in [5.41, 5.74) is 5.46. The molecule has 0 aliphatic carbocycles. The smallest absolute Gasteiger partial charge is 0.264 e. The first-order valence-corrected chi connectivity index (χ1v) is 7.79. The van der Waals surface area contributed by atoms with Crippen molar-refractivity contribution in [1.29, 1.82) is 0 Å². The van der Waals surface area contributed by atoms with Crippen LogP contribution in [-0.4, -0.2) is 8.42 Å². The molecule has 0 amide bonds. The van der Waals surface area contributed by atoms with Crippen molar-refractivity contribution >= 4 is 44.0 Å². The van der Waals surface area contributed by atoms with E-state index < -0.39 is 15.8 Å².